The SMILES string of the molecule is CN1C2=C(C(=O)CCC2)C(c2ccccc2)C2=C1CCCC2=O. The van der Waals surface area contributed by atoms with Crippen LogP contribution in [0, 0.1) is 0 Å². The van der Waals surface area contributed by atoms with Gasteiger partial charge in [-0.15, -0.1) is 0 Å². The van der Waals surface area contributed by atoms with Crippen molar-refractivity contribution in [3.63, 3.8) is 0 Å². The standard InChI is InChI=1S/C20H21NO2/c1-21-14-9-5-11-16(22)19(14)18(13-7-3-2-4-8-13)20-15(21)10-6-12-17(20)23/h2-4,7-8,18H,5-6,9-12H2,1H3. The number of hydrogen-bond acceptors (Lipinski definition) is 3. The third-order valence-corrected chi connectivity index (χ3v) is 5.38. The number of rotatable bonds is 1. The lowest BCUT2D eigenvalue weighted by Crippen LogP contribution is -2.37. The second-order valence-electron chi connectivity index (χ2n) is 6.68. The van der Waals surface area contributed by atoms with Crippen LogP contribution in [0.2, 0.25) is 0 Å². The largest absolute Gasteiger partial charge is 0.351 e. The minimum absolute atomic E-state index is 0.155. The number of ketones is 2. The van der Waals surface area contributed by atoms with Gasteiger partial charge in [0.1, 0.15) is 0 Å². The summed E-state index contributed by atoms with van der Waals surface area (Å²) in [5, 5.41) is 0. The Bertz CT molecular complexity index is 698. The number of carbonyl (C=O) groups excluding carboxylic acids is 2. The van der Waals surface area contributed by atoms with Gasteiger partial charge in [0.05, 0.1) is 0 Å². The molecule has 0 N–H and O–H groups in total. The topological polar surface area (TPSA) is 37.4 Å². The Labute approximate surface area is 136 Å². The molecule has 0 amide bonds. The zero-order valence-corrected chi connectivity index (χ0v) is 13.5. The molecule has 0 aromatic heterocycles. The van der Waals surface area contributed by atoms with Crippen molar-refractivity contribution in [2.45, 2.75) is 44.4 Å². The van der Waals surface area contributed by atoms with E-state index in [1.165, 1.54) is 0 Å². The predicted molar refractivity (Wildman–Crippen MR) is 88.7 cm³/mol. The van der Waals surface area contributed by atoms with E-state index in [1.807, 2.05) is 25.2 Å². The second-order valence-corrected chi connectivity index (χ2v) is 6.68. The van der Waals surface area contributed by atoms with Gasteiger partial charge < -0.3 is 4.90 Å². The molecule has 0 spiro atoms. The maximum absolute atomic E-state index is 12.7. The molecule has 3 aliphatic rings. The highest BCUT2D eigenvalue weighted by atomic mass is 16.1. The molecule has 2 aliphatic carbocycles. The summed E-state index contributed by atoms with van der Waals surface area (Å²) in [4.78, 5) is 27.6. The summed E-state index contributed by atoms with van der Waals surface area (Å²) < 4.78 is 0. The molecule has 0 saturated carbocycles. The fourth-order valence-corrected chi connectivity index (χ4v) is 4.33. The summed E-state index contributed by atoms with van der Waals surface area (Å²) in [6.07, 6.45) is 4.91. The zero-order valence-electron chi connectivity index (χ0n) is 13.5. The van der Waals surface area contributed by atoms with Crippen LogP contribution in [0.1, 0.15) is 50.0 Å². The zero-order chi connectivity index (χ0) is 16.0. The molecule has 0 unspecified atom stereocenters. The Hall–Kier alpha value is -2.16. The minimum Gasteiger partial charge on any atom is -0.351 e. The number of allylic oxidation sites excluding steroid dienone is 4. The third-order valence-electron chi connectivity index (χ3n) is 5.38. The van der Waals surface area contributed by atoms with E-state index in [2.05, 4.69) is 17.0 Å². The first-order valence-electron chi connectivity index (χ1n) is 8.49. The first-order chi connectivity index (χ1) is 11.2. The van der Waals surface area contributed by atoms with Crippen LogP contribution in [0.4, 0.5) is 0 Å². The molecule has 0 atom stereocenters. The lowest BCUT2D eigenvalue weighted by atomic mass is 9.71. The van der Waals surface area contributed by atoms with Gasteiger partial charge in [-0.3, -0.25) is 9.59 Å². The molecule has 4 rings (SSSR count). The molecule has 3 heteroatoms. The maximum Gasteiger partial charge on any atom is 0.161 e. The van der Waals surface area contributed by atoms with Crippen LogP contribution in [0.3, 0.4) is 0 Å². The van der Waals surface area contributed by atoms with Gasteiger partial charge in [0.25, 0.3) is 0 Å². The van der Waals surface area contributed by atoms with E-state index in [1.54, 1.807) is 0 Å². The van der Waals surface area contributed by atoms with Crippen molar-refractivity contribution in [3.8, 4) is 0 Å². The fourth-order valence-electron chi connectivity index (χ4n) is 4.33. The lowest BCUT2D eigenvalue weighted by molar-refractivity contribution is -0.117. The summed E-state index contributed by atoms with van der Waals surface area (Å²) in [6.45, 7) is 0. The second kappa shape index (κ2) is 5.48. The Morgan fingerprint density at radius 2 is 1.35 bits per heavy atom. The first kappa shape index (κ1) is 14.4. The van der Waals surface area contributed by atoms with E-state index in [0.717, 1.165) is 53.8 Å². The number of nitrogens with zero attached hydrogens (tertiary/aromatic N) is 1. The van der Waals surface area contributed by atoms with Crippen LogP contribution in [0.5, 0.6) is 0 Å². The van der Waals surface area contributed by atoms with Crippen LogP contribution in [0.15, 0.2) is 52.9 Å². The van der Waals surface area contributed by atoms with Crippen molar-refractivity contribution < 1.29 is 9.59 Å². The van der Waals surface area contributed by atoms with E-state index in [4.69, 9.17) is 0 Å². The molecule has 1 aromatic carbocycles. The maximum atomic E-state index is 12.7. The van der Waals surface area contributed by atoms with E-state index in [0.29, 0.717) is 12.8 Å². The van der Waals surface area contributed by atoms with Crippen LogP contribution < -0.4 is 0 Å². The van der Waals surface area contributed by atoms with Crippen LogP contribution in [-0.4, -0.2) is 23.5 Å². The molecular formula is C20H21NO2. The number of hydrogen-bond donors (Lipinski definition) is 0. The molecule has 23 heavy (non-hydrogen) atoms. The van der Waals surface area contributed by atoms with Crippen LogP contribution in [0.25, 0.3) is 0 Å². The highest BCUT2D eigenvalue weighted by molar-refractivity contribution is 6.06. The molecule has 0 saturated heterocycles. The first-order valence-corrected chi connectivity index (χ1v) is 8.49. The summed E-state index contributed by atoms with van der Waals surface area (Å²) in [7, 11) is 2.03. The van der Waals surface area contributed by atoms with Gasteiger partial charge in [-0.25, -0.2) is 0 Å². The number of benzene rings is 1. The molecule has 0 fully saturated rings. The molecule has 0 radical (unpaired) electrons. The third kappa shape index (κ3) is 2.18. The highest BCUT2D eigenvalue weighted by Gasteiger charge is 2.41. The molecule has 1 heterocycles. The normalized spacial score (nSPS) is 22.4. The van der Waals surface area contributed by atoms with E-state index in [9.17, 15) is 9.59 Å². The van der Waals surface area contributed by atoms with Gasteiger partial charge in [0.15, 0.2) is 11.6 Å². The van der Waals surface area contributed by atoms with Gasteiger partial charge in [-0.1, -0.05) is 30.3 Å². The molecule has 1 aliphatic heterocycles. The quantitative estimate of drug-likeness (QED) is 0.793. The summed E-state index contributed by atoms with van der Waals surface area (Å²) >= 11 is 0. The minimum atomic E-state index is -0.155. The average Bonchev–Trinajstić information content (AvgIpc) is 2.57. The average molecular weight is 307 g/mol. The number of carbonyl (C=O) groups is 2. The monoisotopic (exact) mass is 307 g/mol. The molecule has 1 aromatic rings. The summed E-state index contributed by atoms with van der Waals surface area (Å²) in [5.74, 6) is 0.284. The van der Waals surface area contributed by atoms with Crippen LogP contribution >= 0.6 is 0 Å². The lowest BCUT2D eigenvalue weighted by Gasteiger charge is -2.42. The molecule has 3 nitrogen and oxygen atoms in total. The van der Waals surface area contributed by atoms with Gasteiger partial charge >= 0.3 is 0 Å². The van der Waals surface area contributed by atoms with Crippen molar-refractivity contribution in [1.29, 1.82) is 0 Å². The molecular weight excluding hydrogens is 286 g/mol. The molecule has 0 bridgehead atoms. The fraction of sp³-hybridized carbons (Fsp3) is 0.400. The van der Waals surface area contributed by atoms with Gasteiger partial charge in [-0.2, -0.15) is 0 Å². The Morgan fingerprint density at radius 1 is 0.826 bits per heavy atom. The highest BCUT2D eigenvalue weighted by Crippen LogP contribution is 2.48. The van der Waals surface area contributed by atoms with Crippen molar-refractivity contribution in [2.75, 3.05) is 7.05 Å². The van der Waals surface area contributed by atoms with Crippen molar-refractivity contribution >= 4 is 11.6 Å². The Morgan fingerprint density at radius 3 is 1.87 bits per heavy atom. The van der Waals surface area contributed by atoms with Crippen molar-refractivity contribution in [1.82, 2.24) is 4.90 Å². The van der Waals surface area contributed by atoms with Gasteiger partial charge in [-0.05, 0) is 31.2 Å². The summed E-state index contributed by atoms with van der Waals surface area (Å²) in [6, 6.07) is 10.1. The van der Waals surface area contributed by atoms with Gasteiger partial charge in [0, 0.05) is 48.3 Å². The van der Waals surface area contributed by atoms with Crippen LogP contribution in [-0.2, 0) is 9.59 Å². The van der Waals surface area contributed by atoms with E-state index < -0.39 is 0 Å². The Balaban J connectivity index is 1.96. The van der Waals surface area contributed by atoms with Crippen molar-refractivity contribution in [3.05, 3.63) is 58.4 Å². The van der Waals surface area contributed by atoms with E-state index >= 15 is 0 Å². The van der Waals surface area contributed by atoms with Gasteiger partial charge in [0.2, 0.25) is 0 Å². The smallest absolute Gasteiger partial charge is 0.161 e. The van der Waals surface area contributed by atoms with Crippen molar-refractivity contribution in [2.24, 2.45) is 0 Å². The predicted octanol–water partition coefficient (Wildman–Crippen LogP) is 3.73. The number of Topliss-reactive ketones (excluding diaryl/α,β-unsaturated/α-hetero) is 2. The Kier molecular flexibility index (Phi) is 3.44. The summed E-state index contributed by atoms with van der Waals surface area (Å²) in [5.41, 5.74) is 5.11. The van der Waals surface area contributed by atoms with E-state index in [-0.39, 0.29) is 17.5 Å². The molecule has 118 valence electrons.